The number of hydrogen-bond acceptors (Lipinski definition) is 3. The molecule has 0 aromatic heterocycles. The van der Waals surface area contributed by atoms with E-state index in [0.717, 1.165) is 0 Å². The van der Waals surface area contributed by atoms with Gasteiger partial charge in [0.25, 0.3) is 5.16 Å². The van der Waals surface area contributed by atoms with Gasteiger partial charge in [0.1, 0.15) is 0 Å². The van der Waals surface area contributed by atoms with E-state index in [2.05, 4.69) is 0 Å². The molecule has 0 saturated carbocycles. The Morgan fingerprint density at radius 1 is 1.21 bits per heavy atom. The van der Waals surface area contributed by atoms with Gasteiger partial charge < -0.3 is 20.0 Å². The van der Waals surface area contributed by atoms with Crippen molar-refractivity contribution in [3.05, 3.63) is 0 Å². The normalized spacial score (nSPS) is 12.5. The van der Waals surface area contributed by atoms with Gasteiger partial charge in [-0.3, -0.25) is 14.2 Å². The lowest BCUT2D eigenvalue weighted by Gasteiger charge is -2.24. The number of rotatable bonds is 5. The maximum atomic E-state index is 10.9. The third-order valence-electron chi connectivity index (χ3n) is 1.82. The molecule has 14 heavy (non-hydrogen) atoms. The zero-order valence-corrected chi connectivity index (χ0v) is 8.27. The second kappa shape index (κ2) is 4.08. The van der Waals surface area contributed by atoms with Gasteiger partial charge in [0.05, 0.1) is 0 Å². The highest BCUT2D eigenvalue weighted by Crippen LogP contribution is 2.53. The van der Waals surface area contributed by atoms with Gasteiger partial charge in [0, 0.05) is 0 Å². The van der Waals surface area contributed by atoms with E-state index in [0.29, 0.717) is 0 Å². The maximum absolute atomic E-state index is 10.9. The van der Waals surface area contributed by atoms with Crippen LogP contribution in [0.4, 0.5) is 0 Å². The van der Waals surface area contributed by atoms with Crippen molar-refractivity contribution in [2.75, 3.05) is 0 Å². The Balaban J connectivity index is 5.52. The zero-order chi connectivity index (χ0) is 11.6. The van der Waals surface area contributed by atoms with Crippen LogP contribution in [-0.4, -0.2) is 37.1 Å². The molecule has 0 aliphatic carbocycles. The summed E-state index contributed by atoms with van der Waals surface area (Å²) in [6.45, 7) is 1.44. The first kappa shape index (κ1) is 13.1. The second-order valence-corrected chi connectivity index (χ2v) is 4.62. The first-order valence-electron chi connectivity index (χ1n) is 3.72. The molecule has 82 valence electrons. The smallest absolute Gasteiger partial charge is 0.354 e. The van der Waals surface area contributed by atoms with Crippen LogP contribution in [0.25, 0.3) is 0 Å². The molecule has 8 heteroatoms. The fraction of sp³-hybridized carbons (Fsp3) is 0.667. The predicted octanol–water partition coefficient (Wildman–Crippen LogP) is -0.128. The minimum atomic E-state index is -5.23. The molecule has 0 aromatic rings. The van der Waals surface area contributed by atoms with E-state index in [1.807, 2.05) is 0 Å². The number of hydrogen-bond donors (Lipinski definition) is 4. The first-order chi connectivity index (χ1) is 6.20. The zero-order valence-electron chi connectivity index (χ0n) is 7.38. The van der Waals surface area contributed by atoms with Crippen molar-refractivity contribution in [1.29, 1.82) is 0 Å². The molecule has 0 aliphatic heterocycles. The molecule has 0 fully saturated rings. The standard InChI is InChI=1S/C6H11O7P/c1-2-3-6(4(7)8,5(9)10)14(11,12)13/h2-3H2,1H3,(H,7,8)(H,9,10)(H2,11,12,13). The quantitative estimate of drug-likeness (QED) is 0.379. The fourth-order valence-corrected chi connectivity index (χ4v) is 2.08. The van der Waals surface area contributed by atoms with E-state index < -0.39 is 31.1 Å². The van der Waals surface area contributed by atoms with Gasteiger partial charge in [-0.15, -0.1) is 0 Å². The van der Waals surface area contributed by atoms with E-state index in [4.69, 9.17) is 20.0 Å². The van der Waals surface area contributed by atoms with Crippen LogP contribution in [0.15, 0.2) is 0 Å². The summed E-state index contributed by atoms with van der Waals surface area (Å²) in [6.07, 6.45) is -0.564. The summed E-state index contributed by atoms with van der Waals surface area (Å²) in [4.78, 5) is 38.8. The number of carboxylic acid groups (broad SMARTS) is 2. The van der Waals surface area contributed by atoms with Gasteiger partial charge in [-0.2, -0.15) is 0 Å². The van der Waals surface area contributed by atoms with Crippen LogP contribution in [0.2, 0.25) is 0 Å². The van der Waals surface area contributed by atoms with Crippen molar-refractivity contribution in [2.45, 2.75) is 24.9 Å². The van der Waals surface area contributed by atoms with Gasteiger partial charge in [-0.25, -0.2) is 0 Å². The Morgan fingerprint density at radius 2 is 1.57 bits per heavy atom. The molecule has 0 saturated heterocycles. The summed E-state index contributed by atoms with van der Waals surface area (Å²) in [5.74, 6) is -4.03. The van der Waals surface area contributed by atoms with Crippen LogP contribution < -0.4 is 0 Å². The highest BCUT2D eigenvalue weighted by Gasteiger charge is 2.60. The Morgan fingerprint density at radius 3 is 1.64 bits per heavy atom. The van der Waals surface area contributed by atoms with Gasteiger partial charge in [-0.1, -0.05) is 13.3 Å². The van der Waals surface area contributed by atoms with E-state index in [1.165, 1.54) is 6.92 Å². The van der Waals surface area contributed by atoms with Crippen LogP contribution >= 0.6 is 7.60 Å². The van der Waals surface area contributed by atoms with Crippen LogP contribution in [0.3, 0.4) is 0 Å². The summed E-state index contributed by atoms with van der Waals surface area (Å²) in [5.41, 5.74) is 0. The van der Waals surface area contributed by atoms with E-state index in [9.17, 15) is 14.2 Å². The molecule has 0 spiro atoms. The lowest BCUT2D eigenvalue weighted by molar-refractivity contribution is -0.153. The molecule has 4 N–H and O–H groups in total. The van der Waals surface area contributed by atoms with Crippen LogP contribution in [0, 0.1) is 0 Å². The summed E-state index contributed by atoms with van der Waals surface area (Å²) in [6, 6.07) is 0. The molecule has 0 radical (unpaired) electrons. The highest BCUT2D eigenvalue weighted by atomic mass is 31.2. The van der Waals surface area contributed by atoms with Gasteiger partial charge in [0.2, 0.25) is 0 Å². The molecule has 0 bridgehead atoms. The van der Waals surface area contributed by atoms with Crippen molar-refractivity contribution in [1.82, 2.24) is 0 Å². The summed E-state index contributed by atoms with van der Waals surface area (Å²) < 4.78 is 10.9. The molecule has 0 heterocycles. The average molecular weight is 226 g/mol. The van der Waals surface area contributed by atoms with Crippen molar-refractivity contribution in [2.24, 2.45) is 0 Å². The lowest BCUT2D eigenvalue weighted by Crippen LogP contribution is -2.46. The third-order valence-corrected chi connectivity index (χ3v) is 3.42. The molecule has 0 rings (SSSR count). The topological polar surface area (TPSA) is 132 Å². The molecule has 7 nitrogen and oxygen atoms in total. The molecule has 0 unspecified atom stereocenters. The summed E-state index contributed by atoms with van der Waals surface area (Å²) in [5, 5.41) is 14.2. The van der Waals surface area contributed by atoms with Gasteiger partial charge in [-0.05, 0) is 6.42 Å². The lowest BCUT2D eigenvalue weighted by atomic mass is 10.0. The molecular weight excluding hydrogens is 215 g/mol. The van der Waals surface area contributed by atoms with E-state index in [1.54, 1.807) is 0 Å². The van der Waals surface area contributed by atoms with Crippen molar-refractivity contribution >= 4 is 19.5 Å². The van der Waals surface area contributed by atoms with Crippen molar-refractivity contribution in [3.63, 3.8) is 0 Å². The minimum Gasteiger partial charge on any atom is -0.480 e. The minimum absolute atomic E-state index is 0.0453. The number of carbonyl (C=O) groups is 2. The SMILES string of the molecule is CCCC(C(=O)O)(C(=O)O)P(=O)(O)O. The maximum Gasteiger partial charge on any atom is 0.354 e. The molecule has 0 amide bonds. The molecular formula is C6H11O7P. The molecule has 0 atom stereocenters. The van der Waals surface area contributed by atoms with E-state index >= 15 is 0 Å². The first-order valence-corrected chi connectivity index (χ1v) is 5.33. The third kappa shape index (κ3) is 1.95. The second-order valence-electron chi connectivity index (χ2n) is 2.76. The van der Waals surface area contributed by atoms with Crippen LogP contribution in [0.5, 0.6) is 0 Å². The number of carboxylic acids is 2. The van der Waals surface area contributed by atoms with E-state index in [-0.39, 0.29) is 6.42 Å². The van der Waals surface area contributed by atoms with Crippen LogP contribution in [0.1, 0.15) is 19.8 Å². The van der Waals surface area contributed by atoms with Gasteiger partial charge >= 0.3 is 19.5 Å². The Hall–Kier alpha value is -0.910. The Kier molecular flexibility index (Phi) is 3.81. The summed E-state index contributed by atoms with van der Waals surface area (Å²) >= 11 is 0. The number of aliphatic carboxylic acids is 2. The van der Waals surface area contributed by atoms with Crippen molar-refractivity contribution < 1.29 is 34.2 Å². The molecule has 0 aliphatic rings. The Bertz CT molecular complexity index is 277. The fourth-order valence-electron chi connectivity index (χ4n) is 1.06. The predicted molar refractivity (Wildman–Crippen MR) is 45.0 cm³/mol. The average Bonchev–Trinajstić information content (AvgIpc) is 1.95. The van der Waals surface area contributed by atoms with Crippen molar-refractivity contribution in [3.8, 4) is 0 Å². The van der Waals surface area contributed by atoms with Crippen LogP contribution in [-0.2, 0) is 14.2 Å². The highest BCUT2D eigenvalue weighted by molar-refractivity contribution is 7.56. The monoisotopic (exact) mass is 226 g/mol. The van der Waals surface area contributed by atoms with Gasteiger partial charge in [0.15, 0.2) is 0 Å². The molecule has 0 aromatic carbocycles. The summed E-state index contributed by atoms with van der Waals surface area (Å²) in [7, 11) is -5.23. The largest absolute Gasteiger partial charge is 0.480 e. The Labute approximate surface area is 79.5 Å².